The van der Waals surface area contributed by atoms with Gasteiger partial charge in [0.1, 0.15) is 29.0 Å². The van der Waals surface area contributed by atoms with E-state index in [-0.39, 0.29) is 24.1 Å². The molecule has 2 aromatic carbocycles. The van der Waals surface area contributed by atoms with Crippen LogP contribution in [0.3, 0.4) is 0 Å². The molecule has 34 heavy (non-hydrogen) atoms. The van der Waals surface area contributed by atoms with Crippen LogP contribution in [0.4, 0.5) is 0 Å². The second-order valence-corrected chi connectivity index (χ2v) is 7.76. The third kappa shape index (κ3) is 5.48. The number of carbonyl (C=O) groups is 3. The molecule has 3 rings (SSSR count). The summed E-state index contributed by atoms with van der Waals surface area (Å²) in [5, 5.41) is 11.8. The highest BCUT2D eigenvalue weighted by molar-refractivity contribution is 6.14. The number of ketones is 1. The molecule has 1 amide bonds. The summed E-state index contributed by atoms with van der Waals surface area (Å²) in [5.74, 6) is -0.323. The number of Topliss-reactive ketones (excluding diaryl/α,β-unsaturated/α-hetero) is 1. The molecule has 0 fully saturated rings. The first kappa shape index (κ1) is 24.6. The number of ether oxygens (including phenoxy) is 4. The van der Waals surface area contributed by atoms with Crippen LogP contribution in [0.25, 0.3) is 6.08 Å². The number of carbonyl (C=O) groups excluding carboxylic acids is 2. The van der Waals surface area contributed by atoms with Crippen LogP contribution in [0, 0.1) is 5.92 Å². The van der Waals surface area contributed by atoms with Gasteiger partial charge in [0.25, 0.3) is 5.91 Å². The van der Waals surface area contributed by atoms with Crippen molar-refractivity contribution in [1.29, 1.82) is 0 Å². The first-order valence-electron chi connectivity index (χ1n) is 10.7. The minimum atomic E-state index is -1.10. The zero-order valence-electron chi connectivity index (χ0n) is 19.4. The fourth-order valence-corrected chi connectivity index (χ4v) is 3.38. The monoisotopic (exact) mass is 469 g/mol. The molecule has 2 aromatic rings. The summed E-state index contributed by atoms with van der Waals surface area (Å²) in [6.07, 6.45) is 2.18. The van der Waals surface area contributed by atoms with Crippen molar-refractivity contribution in [1.82, 2.24) is 5.32 Å². The lowest BCUT2D eigenvalue weighted by Crippen LogP contribution is -2.46. The average Bonchev–Trinajstić information content (AvgIpc) is 3.15. The number of benzene rings is 2. The Morgan fingerprint density at radius 1 is 1.12 bits per heavy atom. The van der Waals surface area contributed by atoms with Crippen LogP contribution in [0.5, 0.6) is 23.0 Å². The van der Waals surface area contributed by atoms with Gasteiger partial charge >= 0.3 is 5.97 Å². The Bertz CT molecular complexity index is 1120. The quantitative estimate of drug-likeness (QED) is 0.509. The molecule has 9 heteroatoms. The number of nitrogens with one attached hydrogen (secondary N) is 1. The molecule has 0 spiro atoms. The van der Waals surface area contributed by atoms with Gasteiger partial charge in [-0.1, -0.05) is 20.3 Å². The molecule has 0 radical (unpaired) electrons. The first-order chi connectivity index (χ1) is 16.3. The fourth-order valence-electron chi connectivity index (χ4n) is 3.38. The molecule has 2 N–H and O–H groups in total. The second-order valence-electron chi connectivity index (χ2n) is 7.76. The number of aliphatic carboxylic acids is 1. The van der Waals surface area contributed by atoms with E-state index in [1.54, 1.807) is 50.4 Å². The van der Waals surface area contributed by atoms with Crippen molar-refractivity contribution < 1.29 is 38.4 Å². The summed E-state index contributed by atoms with van der Waals surface area (Å²) in [4.78, 5) is 36.3. The van der Waals surface area contributed by atoms with Crippen molar-refractivity contribution in [2.45, 2.75) is 26.3 Å². The smallest absolute Gasteiger partial charge is 0.326 e. The summed E-state index contributed by atoms with van der Waals surface area (Å²) in [5.41, 5.74) is 1.00. The highest BCUT2D eigenvalue weighted by atomic mass is 16.5. The van der Waals surface area contributed by atoms with E-state index in [0.717, 1.165) is 0 Å². The number of methoxy groups -OCH3 is 2. The molecule has 0 aliphatic carbocycles. The van der Waals surface area contributed by atoms with Crippen molar-refractivity contribution in [3.63, 3.8) is 0 Å². The van der Waals surface area contributed by atoms with Crippen molar-refractivity contribution in [2.75, 3.05) is 20.8 Å². The van der Waals surface area contributed by atoms with Gasteiger partial charge in [0, 0.05) is 17.7 Å². The number of fused-ring (bicyclic) bond motifs is 1. The summed E-state index contributed by atoms with van der Waals surface area (Å²) in [6.45, 7) is 3.22. The topological polar surface area (TPSA) is 120 Å². The number of rotatable bonds is 10. The van der Waals surface area contributed by atoms with Crippen LogP contribution in [0.1, 0.15) is 36.2 Å². The van der Waals surface area contributed by atoms with Gasteiger partial charge in [-0.05, 0) is 36.3 Å². The number of hydrogen-bond donors (Lipinski definition) is 2. The molecule has 1 aliphatic heterocycles. The molecule has 0 bridgehead atoms. The van der Waals surface area contributed by atoms with Gasteiger partial charge in [0.05, 0.1) is 19.8 Å². The predicted octanol–water partition coefficient (Wildman–Crippen LogP) is 3.31. The lowest BCUT2D eigenvalue weighted by atomic mass is 9.99. The first-order valence-corrected chi connectivity index (χ1v) is 10.7. The maximum absolute atomic E-state index is 12.8. The number of hydrogen-bond acceptors (Lipinski definition) is 7. The van der Waals surface area contributed by atoms with E-state index in [0.29, 0.717) is 40.5 Å². The molecule has 180 valence electrons. The fraction of sp³-hybridized carbons (Fsp3) is 0.320. The normalized spacial score (nSPS) is 15.2. The third-order valence-corrected chi connectivity index (χ3v) is 5.53. The summed E-state index contributed by atoms with van der Waals surface area (Å²) in [6, 6.07) is 8.81. The maximum Gasteiger partial charge on any atom is 0.326 e. The van der Waals surface area contributed by atoms with Crippen LogP contribution in [-0.2, 0) is 9.59 Å². The number of carboxylic acid groups (broad SMARTS) is 1. The Morgan fingerprint density at radius 3 is 2.50 bits per heavy atom. The van der Waals surface area contributed by atoms with Gasteiger partial charge in [0.15, 0.2) is 12.4 Å². The summed E-state index contributed by atoms with van der Waals surface area (Å²) >= 11 is 0. The van der Waals surface area contributed by atoms with E-state index >= 15 is 0 Å². The summed E-state index contributed by atoms with van der Waals surface area (Å²) < 4.78 is 21.8. The lowest BCUT2D eigenvalue weighted by molar-refractivity contribution is -0.143. The Kier molecular flexibility index (Phi) is 7.78. The average molecular weight is 469 g/mol. The molecule has 2 atom stereocenters. The Labute approximate surface area is 197 Å². The summed E-state index contributed by atoms with van der Waals surface area (Å²) in [7, 11) is 3.07. The Morgan fingerprint density at radius 2 is 1.85 bits per heavy atom. The molecular formula is C25H27NO8. The van der Waals surface area contributed by atoms with Gasteiger partial charge in [-0.2, -0.15) is 0 Å². The van der Waals surface area contributed by atoms with E-state index in [1.165, 1.54) is 13.2 Å². The van der Waals surface area contributed by atoms with Gasteiger partial charge in [-0.3, -0.25) is 9.59 Å². The highest BCUT2D eigenvalue weighted by Gasteiger charge is 2.29. The van der Waals surface area contributed by atoms with Crippen molar-refractivity contribution >= 4 is 23.7 Å². The van der Waals surface area contributed by atoms with Crippen LogP contribution < -0.4 is 24.3 Å². The van der Waals surface area contributed by atoms with Gasteiger partial charge in [-0.25, -0.2) is 4.79 Å². The number of amides is 1. The number of carboxylic acids is 1. The van der Waals surface area contributed by atoms with Crippen LogP contribution in [0.2, 0.25) is 0 Å². The second kappa shape index (κ2) is 10.7. The van der Waals surface area contributed by atoms with E-state index in [2.05, 4.69) is 5.32 Å². The van der Waals surface area contributed by atoms with E-state index < -0.39 is 17.9 Å². The zero-order valence-corrected chi connectivity index (χ0v) is 19.4. The molecular weight excluding hydrogens is 442 g/mol. The Hall–Kier alpha value is -4.01. The van der Waals surface area contributed by atoms with Gasteiger partial charge < -0.3 is 29.4 Å². The van der Waals surface area contributed by atoms with Gasteiger partial charge in [0.2, 0.25) is 5.78 Å². The predicted molar refractivity (Wildman–Crippen MR) is 123 cm³/mol. The molecule has 0 aromatic heterocycles. The minimum Gasteiger partial charge on any atom is -0.497 e. The Balaban J connectivity index is 1.69. The molecule has 0 saturated carbocycles. The molecule has 1 heterocycles. The maximum atomic E-state index is 12.8. The molecule has 0 saturated heterocycles. The van der Waals surface area contributed by atoms with E-state index in [1.807, 2.05) is 6.92 Å². The number of allylic oxidation sites excluding steroid dienone is 1. The standard InChI is InChI=1S/C25H27NO8/c1-5-14(2)23(25(29)30)26-22(27)13-33-17-8-9-18-20(12-17)34-21(24(18)28)10-15-6-7-16(31-3)11-19(15)32-4/h6-12,14,23H,5,13H2,1-4H3,(H,26,27)(H,29,30)/b21-10+/t14?,23-/m0/s1. The SMILES string of the molecule is CCC(C)[C@H](NC(=O)COc1ccc2c(c1)O/C(=C/c1ccc(OC)cc1OC)C2=O)C(=O)O. The van der Waals surface area contributed by atoms with Crippen LogP contribution in [0.15, 0.2) is 42.2 Å². The van der Waals surface area contributed by atoms with Crippen molar-refractivity contribution in [3.05, 3.63) is 53.3 Å². The molecule has 1 unspecified atom stereocenters. The highest BCUT2D eigenvalue weighted by Crippen LogP contribution is 2.36. The largest absolute Gasteiger partial charge is 0.497 e. The van der Waals surface area contributed by atoms with E-state index in [9.17, 15) is 19.5 Å². The lowest BCUT2D eigenvalue weighted by Gasteiger charge is -2.20. The zero-order chi connectivity index (χ0) is 24.8. The van der Waals surface area contributed by atoms with E-state index in [4.69, 9.17) is 18.9 Å². The van der Waals surface area contributed by atoms with Crippen LogP contribution in [-0.4, -0.2) is 49.6 Å². The van der Waals surface area contributed by atoms with Crippen molar-refractivity contribution in [2.24, 2.45) is 5.92 Å². The van der Waals surface area contributed by atoms with Crippen molar-refractivity contribution in [3.8, 4) is 23.0 Å². The minimum absolute atomic E-state index is 0.117. The van der Waals surface area contributed by atoms with Gasteiger partial charge in [-0.15, -0.1) is 0 Å². The van der Waals surface area contributed by atoms with Crippen LogP contribution >= 0.6 is 0 Å². The molecule has 9 nitrogen and oxygen atoms in total. The molecule has 1 aliphatic rings. The third-order valence-electron chi connectivity index (χ3n) is 5.53.